The van der Waals surface area contributed by atoms with Crippen LogP contribution >= 0.6 is 0 Å². The zero-order chi connectivity index (χ0) is 55.6. The summed E-state index contributed by atoms with van der Waals surface area (Å²) in [6.45, 7) is -8.50. The van der Waals surface area contributed by atoms with Gasteiger partial charge in [0.2, 0.25) is 0 Å². The Bertz CT molecular complexity index is 3640. The van der Waals surface area contributed by atoms with Crippen molar-refractivity contribution in [1.82, 2.24) is 15.0 Å². The first-order valence-corrected chi connectivity index (χ1v) is 19.2. The Morgan fingerprint density at radius 1 is 0.583 bits per heavy atom. The summed E-state index contributed by atoms with van der Waals surface area (Å²) < 4.78 is 156. The van der Waals surface area contributed by atoms with Gasteiger partial charge < -0.3 is 4.42 Å². The van der Waals surface area contributed by atoms with Crippen LogP contribution in [0, 0.1) is 31.9 Å². The topological polar surface area (TPSA) is 75.6 Å². The number of aromatic nitrogens is 3. The summed E-state index contributed by atoms with van der Waals surface area (Å²) in [5.74, 6) is 0. The van der Waals surface area contributed by atoms with Crippen LogP contribution in [-0.2, 0) is 38.4 Å². The van der Waals surface area contributed by atoms with Crippen molar-refractivity contribution in [3.63, 3.8) is 0 Å². The molecule has 0 spiro atoms. The highest BCUT2D eigenvalue weighted by molar-refractivity contribution is 6.09. The molecule has 5 heteroatoms. The third-order valence-corrected chi connectivity index (χ3v) is 10.2. The Labute approximate surface area is 376 Å². The number of para-hydroxylation sites is 1. The fraction of sp³-hybridized carbons (Fsp3) is 0.164. The predicted octanol–water partition coefficient (Wildman–Crippen LogP) is 12.9. The zero-order valence-electron chi connectivity index (χ0n) is 49.1. The molecule has 0 N–H and O–H groups in total. The average molecular weight is 796 g/mol. The van der Waals surface area contributed by atoms with Gasteiger partial charge in [-0.2, -0.15) is 5.26 Å². The van der Waals surface area contributed by atoms with Crippen LogP contribution in [0.15, 0.2) is 156 Å². The Hall–Kier alpha value is -7.16. The van der Waals surface area contributed by atoms with E-state index in [-0.39, 0.29) is 79.0 Å². The average Bonchev–Trinajstić information content (AvgIpc) is 3.76. The van der Waals surface area contributed by atoms with E-state index in [1.807, 2.05) is 6.07 Å². The Morgan fingerprint density at radius 3 is 1.58 bits per heavy atom. The van der Waals surface area contributed by atoms with Gasteiger partial charge >= 0.3 is 0 Å². The molecule has 0 saturated carbocycles. The Kier molecular flexibility index (Phi) is 6.63. The first kappa shape index (κ1) is 23.4. The van der Waals surface area contributed by atoms with Crippen LogP contribution in [0.1, 0.15) is 78.9 Å². The minimum Gasteiger partial charge on any atom is -0.455 e. The number of fused-ring (bicyclic) bond motifs is 3. The van der Waals surface area contributed by atoms with Crippen LogP contribution in [0.4, 0.5) is 0 Å². The zero-order valence-corrected chi connectivity index (χ0v) is 32.1. The summed E-state index contributed by atoms with van der Waals surface area (Å²) >= 11 is 0. The first-order chi connectivity index (χ1) is 36.1. The second-order valence-corrected chi connectivity index (χ2v) is 14.2. The third-order valence-electron chi connectivity index (χ3n) is 10.2. The maximum absolute atomic E-state index is 9.61. The molecule has 5 aromatic carbocycles. The van der Waals surface area contributed by atoms with Crippen LogP contribution < -0.4 is 0 Å². The quantitative estimate of drug-likeness (QED) is 0.123. The van der Waals surface area contributed by atoms with Crippen LogP contribution in [0.25, 0.3) is 55.7 Å². The van der Waals surface area contributed by atoms with Gasteiger partial charge in [-0.25, -0.2) is 0 Å². The fourth-order valence-electron chi connectivity index (χ4n) is 7.14. The van der Waals surface area contributed by atoms with Crippen LogP contribution in [0.3, 0.4) is 0 Å². The number of aryl methyl sites for hydroxylation is 9. The maximum atomic E-state index is 9.61. The number of pyridine rings is 3. The number of nitrogens with zero attached hydrogens (tertiary/aromatic N) is 4. The van der Waals surface area contributed by atoms with Crippen LogP contribution in [0.5, 0.6) is 0 Å². The third kappa shape index (κ3) is 8.23. The molecule has 0 aliphatic rings. The molecule has 0 aliphatic heterocycles. The molecule has 60 heavy (non-hydrogen) atoms. The van der Waals surface area contributed by atoms with Gasteiger partial charge in [0.1, 0.15) is 11.2 Å². The molecular formula is C55H46N4O. The SMILES string of the molecule is [2H]c1cc2c(oc3c(-c4cc(C([2H])([2H])[2H])c(C([2H])([2H])Cc5cc(CC([2H])([2H])c6cnc(-c7ccccc7)cc6C([2H])([2H])[2H])cc(CC([2H])([2H])c6cnc(-c7ccccc7)cc6C([2H])([2H])[2H])c5)cn4)cccc32)c([2H])c1C#N. The van der Waals surface area contributed by atoms with Crippen molar-refractivity contribution >= 4 is 21.9 Å². The summed E-state index contributed by atoms with van der Waals surface area (Å²) in [4.78, 5) is 13.4. The van der Waals surface area contributed by atoms with E-state index in [0.717, 1.165) is 6.20 Å². The predicted molar refractivity (Wildman–Crippen MR) is 244 cm³/mol. The van der Waals surface area contributed by atoms with E-state index in [1.54, 1.807) is 78.9 Å². The molecule has 9 aromatic rings. The lowest BCUT2D eigenvalue weighted by Gasteiger charge is -2.14. The first-order valence-electron chi connectivity index (χ1n) is 27.7. The molecule has 0 unspecified atom stereocenters. The number of nitriles is 1. The van der Waals surface area contributed by atoms with Crippen molar-refractivity contribution in [2.45, 2.75) is 58.9 Å². The van der Waals surface area contributed by atoms with E-state index in [0.29, 0.717) is 38.9 Å². The van der Waals surface area contributed by atoms with Crippen LogP contribution in [0.2, 0.25) is 0 Å². The van der Waals surface area contributed by atoms with Crippen molar-refractivity contribution < 1.29 is 27.7 Å². The van der Waals surface area contributed by atoms with E-state index >= 15 is 0 Å². The lowest BCUT2D eigenvalue weighted by atomic mass is 9.93. The molecule has 4 aromatic heterocycles. The van der Waals surface area contributed by atoms with E-state index in [1.165, 1.54) is 54.9 Å². The molecule has 4 heterocycles. The van der Waals surface area contributed by atoms with E-state index in [4.69, 9.17) is 19.5 Å². The van der Waals surface area contributed by atoms with Gasteiger partial charge in [-0.1, -0.05) is 91.0 Å². The van der Waals surface area contributed by atoms with Crippen molar-refractivity contribution in [3.8, 4) is 39.8 Å². The van der Waals surface area contributed by atoms with Gasteiger partial charge in [0.25, 0.3) is 0 Å². The summed E-state index contributed by atoms with van der Waals surface area (Å²) in [5.41, 5.74) is 1.01. The van der Waals surface area contributed by atoms with E-state index in [2.05, 4.69) is 15.0 Å². The van der Waals surface area contributed by atoms with Gasteiger partial charge in [-0.3, -0.25) is 15.0 Å². The Morgan fingerprint density at radius 2 is 1.08 bits per heavy atom. The van der Waals surface area contributed by atoms with E-state index in [9.17, 15) is 13.5 Å². The molecule has 0 saturated heterocycles. The van der Waals surface area contributed by atoms with Crippen molar-refractivity contribution in [1.29, 1.82) is 5.26 Å². The van der Waals surface area contributed by atoms with Gasteiger partial charge in [0.15, 0.2) is 0 Å². The number of hydrogen-bond acceptors (Lipinski definition) is 5. The molecule has 0 radical (unpaired) electrons. The van der Waals surface area contributed by atoms with E-state index < -0.39 is 64.5 Å². The summed E-state index contributed by atoms with van der Waals surface area (Å²) in [6, 6.07) is 33.6. The highest BCUT2D eigenvalue weighted by atomic mass is 16.3. The number of benzene rings is 5. The Balaban J connectivity index is 1.14. The maximum Gasteiger partial charge on any atom is 0.144 e. The monoisotopic (exact) mass is 795 g/mol. The minimum atomic E-state index is -2.92. The van der Waals surface area contributed by atoms with Crippen molar-refractivity contribution in [3.05, 3.63) is 208 Å². The number of hydrogen-bond donors (Lipinski definition) is 0. The molecular weight excluding hydrogens is 733 g/mol. The second-order valence-electron chi connectivity index (χ2n) is 14.2. The molecule has 0 atom stereocenters. The lowest BCUT2D eigenvalue weighted by molar-refractivity contribution is 0.669. The standard InChI is InChI=1S/C55H46N4O/c1-36-25-51(43-11-6-4-7-12-43)57-33-45(36)21-17-39-28-40(18-22-46-34-58-52(26-37(46)2)44-13-8-5-9-14-44)30-41(29-39)19-23-47-35-59-53(27-38(47)3)50-16-10-15-49-48-24-20-42(32-56)31-54(48)60-55(49)50/h4-16,20,24-31,33-35H,17-19,21-23H2,1-3H3/i1D3,2D3,3D3,20D,21D2,22D2,23D2,31D. The molecule has 0 bridgehead atoms. The normalized spacial score (nSPS) is 16.8. The molecule has 0 aliphatic carbocycles. The highest BCUT2D eigenvalue weighted by Gasteiger charge is 2.15. The van der Waals surface area contributed by atoms with Gasteiger partial charge in [0.05, 0.1) is 31.5 Å². The second kappa shape index (κ2) is 17.0. The molecule has 9 rings (SSSR count). The van der Waals surface area contributed by atoms with Gasteiger partial charge in [0, 0.05) is 66.6 Å². The number of rotatable bonds is 12. The minimum absolute atomic E-state index is 0.0393. The molecule has 5 nitrogen and oxygen atoms in total. The smallest absolute Gasteiger partial charge is 0.144 e. The van der Waals surface area contributed by atoms with Crippen molar-refractivity contribution in [2.75, 3.05) is 0 Å². The van der Waals surface area contributed by atoms with Crippen LogP contribution in [-0.4, -0.2) is 15.0 Å². The molecule has 0 amide bonds. The highest BCUT2D eigenvalue weighted by Crippen LogP contribution is 2.36. The molecule has 0 fully saturated rings. The summed E-state index contributed by atoms with van der Waals surface area (Å²) in [6.07, 6.45) is -5.57. The summed E-state index contributed by atoms with van der Waals surface area (Å²) in [5, 5.41) is 10.5. The lowest BCUT2D eigenvalue weighted by Crippen LogP contribution is -2.02. The largest absolute Gasteiger partial charge is 0.455 e. The molecule has 292 valence electrons. The number of furan rings is 1. The fourth-order valence-corrected chi connectivity index (χ4v) is 7.14. The van der Waals surface area contributed by atoms with Crippen molar-refractivity contribution in [2.24, 2.45) is 0 Å². The summed E-state index contributed by atoms with van der Waals surface area (Å²) in [7, 11) is 0. The van der Waals surface area contributed by atoms with Gasteiger partial charge in [-0.05, 0) is 151 Å². The van der Waals surface area contributed by atoms with Gasteiger partial charge in [-0.15, -0.1) is 0 Å².